The molecule has 2 aromatic carbocycles. The number of rotatable bonds is 8. The number of hydrogen-bond acceptors (Lipinski definition) is 4. The van der Waals surface area contributed by atoms with Crippen molar-refractivity contribution in [2.24, 2.45) is 5.92 Å². The molecule has 3 rings (SSSR count). The van der Waals surface area contributed by atoms with Crippen LogP contribution in [-0.4, -0.2) is 51.6 Å². The molecule has 1 unspecified atom stereocenters. The van der Waals surface area contributed by atoms with E-state index in [1.54, 1.807) is 11.8 Å². The van der Waals surface area contributed by atoms with E-state index < -0.39 is 16.0 Å². The van der Waals surface area contributed by atoms with Crippen molar-refractivity contribution < 1.29 is 17.6 Å². The van der Waals surface area contributed by atoms with Gasteiger partial charge in [-0.25, -0.2) is 4.39 Å². The van der Waals surface area contributed by atoms with E-state index in [4.69, 9.17) is 0 Å². The fraction of sp³-hybridized carbons (Fsp3) is 0.409. The number of carbonyl (C=O) groups excluding carboxylic acids is 1. The fourth-order valence-electron chi connectivity index (χ4n) is 3.59. The number of nitrogens with one attached hydrogen (secondary N) is 1. The zero-order valence-electron chi connectivity index (χ0n) is 17.8. The van der Waals surface area contributed by atoms with Crippen molar-refractivity contribution in [1.82, 2.24) is 9.62 Å². The van der Waals surface area contributed by atoms with Gasteiger partial charge in [-0.2, -0.15) is 12.7 Å². The Morgan fingerprint density at radius 2 is 1.87 bits per heavy atom. The number of benzene rings is 2. The topological polar surface area (TPSA) is 69.7 Å². The van der Waals surface area contributed by atoms with Crippen molar-refractivity contribution in [3.63, 3.8) is 0 Å². The standard InChI is InChI=1S/C22H28FN3O3S2/c1-25(20-9-7-19(23)8-10-20)31(28,29)26-15-3-4-18(16-26)22(27)24-14-13-17-5-11-21(30-2)12-6-17/h5-12,18H,3-4,13-16H2,1-2H3,(H,24,27). The number of anilines is 1. The molecular weight excluding hydrogens is 437 g/mol. The SMILES string of the molecule is CSc1ccc(CCNC(=O)C2CCCN(S(=O)(=O)N(C)c3ccc(F)cc3)C2)cc1. The maximum absolute atomic E-state index is 13.2. The molecule has 168 valence electrons. The average Bonchev–Trinajstić information content (AvgIpc) is 2.79. The number of thioether (sulfide) groups is 1. The van der Waals surface area contributed by atoms with Crippen molar-refractivity contribution in [1.29, 1.82) is 0 Å². The Labute approximate surface area is 188 Å². The molecule has 1 atom stereocenters. The minimum Gasteiger partial charge on any atom is -0.355 e. The lowest BCUT2D eigenvalue weighted by atomic mass is 9.99. The summed E-state index contributed by atoms with van der Waals surface area (Å²) < 4.78 is 41.7. The van der Waals surface area contributed by atoms with Gasteiger partial charge in [0.2, 0.25) is 5.91 Å². The van der Waals surface area contributed by atoms with E-state index in [0.717, 1.165) is 16.3 Å². The zero-order valence-corrected chi connectivity index (χ0v) is 19.4. The zero-order chi connectivity index (χ0) is 22.4. The molecule has 0 radical (unpaired) electrons. The van der Waals surface area contributed by atoms with E-state index >= 15 is 0 Å². The molecule has 6 nitrogen and oxygen atoms in total. The summed E-state index contributed by atoms with van der Waals surface area (Å²) in [6.45, 7) is 1.01. The lowest BCUT2D eigenvalue weighted by Crippen LogP contribution is -2.49. The molecule has 0 saturated carbocycles. The first kappa shape index (κ1) is 23.6. The summed E-state index contributed by atoms with van der Waals surface area (Å²) in [5.41, 5.74) is 1.52. The van der Waals surface area contributed by atoms with Gasteiger partial charge in [0, 0.05) is 31.6 Å². The van der Waals surface area contributed by atoms with Gasteiger partial charge in [0.05, 0.1) is 11.6 Å². The number of nitrogens with zero attached hydrogens (tertiary/aromatic N) is 2. The molecule has 9 heteroatoms. The Balaban J connectivity index is 1.55. The van der Waals surface area contributed by atoms with Gasteiger partial charge in [-0.05, 0) is 67.5 Å². The first-order chi connectivity index (χ1) is 14.8. The maximum Gasteiger partial charge on any atom is 0.303 e. The van der Waals surface area contributed by atoms with Gasteiger partial charge in [0.15, 0.2) is 0 Å². The van der Waals surface area contributed by atoms with Crippen molar-refractivity contribution >= 4 is 33.6 Å². The summed E-state index contributed by atoms with van der Waals surface area (Å²) in [4.78, 5) is 13.8. The molecule has 1 aliphatic rings. The summed E-state index contributed by atoms with van der Waals surface area (Å²) in [7, 11) is -2.36. The summed E-state index contributed by atoms with van der Waals surface area (Å²) in [5, 5.41) is 2.95. The van der Waals surface area contributed by atoms with Crippen LogP contribution in [0.1, 0.15) is 18.4 Å². The van der Waals surface area contributed by atoms with E-state index in [2.05, 4.69) is 29.6 Å². The normalized spacial score (nSPS) is 17.3. The third-order valence-corrected chi connectivity index (χ3v) is 8.12. The van der Waals surface area contributed by atoms with Crippen molar-refractivity contribution in [3.05, 3.63) is 59.9 Å². The van der Waals surface area contributed by atoms with Gasteiger partial charge in [0.25, 0.3) is 0 Å². The number of amides is 1. The Kier molecular flexibility index (Phi) is 7.96. The van der Waals surface area contributed by atoms with Crippen LogP contribution in [0.5, 0.6) is 0 Å². The second-order valence-electron chi connectivity index (χ2n) is 7.54. The second-order valence-corrected chi connectivity index (χ2v) is 10.4. The molecule has 1 amide bonds. The lowest BCUT2D eigenvalue weighted by Gasteiger charge is -2.34. The highest BCUT2D eigenvalue weighted by Gasteiger charge is 2.34. The highest BCUT2D eigenvalue weighted by molar-refractivity contribution is 7.98. The van der Waals surface area contributed by atoms with Crippen LogP contribution in [0.2, 0.25) is 0 Å². The number of carbonyl (C=O) groups is 1. The molecule has 1 aliphatic heterocycles. The van der Waals surface area contributed by atoms with Crippen LogP contribution in [0.3, 0.4) is 0 Å². The van der Waals surface area contributed by atoms with E-state index in [1.165, 1.54) is 40.5 Å². The number of hydrogen-bond donors (Lipinski definition) is 1. The maximum atomic E-state index is 13.2. The van der Waals surface area contributed by atoms with Crippen LogP contribution in [-0.2, 0) is 21.4 Å². The first-order valence-corrected chi connectivity index (χ1v) is 12.8. The van der Waals surface area contributed by atoms with Gasteiger partial charge < -0.3 is 5.32 Å². The van der Waals surface area contributed by atoms with Crippen LogP contribution in [0, 0.1) is 11.7 Å². The third-order valence-electron chi connectivity index (χ3n) is 5.49. The quantitative estimate of drug-likeness (QED) is 0.608. The van der Waals surface area contributed by atoms with Crippen LogP contribution >= 0.6 is 11.8 Å². The lowest BCUT2D eigenvalue weighted by molar-refractivity contribution is -0.126. The van der Waals surface area contributed by atoms with Gasteiger partial charge in [0.1, 0.15) is 5.82 Å². The van der Waals surface area contributed by atoms with Crippen LogP contribution in [0.15, 0.2) is 53.4 Å². The summed E-state index contributed by atoms with van der Waals surface area (Å²) >= 11 is 1.68. The van der Waals surface area contributed by atoms with Crippen molar-refractivity contribution in [2.45, 2.75) is 24.2 Å². The summed E-state index contributed by atoms with van der Waals surface area (Å²) in [6, 6.07) is 13.5. The van der Waals surface area contributed by atoms with Crippen molar-refractivity contribution in [2.75, 3.05) is 37.2 Å². The second kappa shape index (κ2) is 10.5. The molecule has 1 fully saturated rings. The first-order valence-electron chi connectivity index (χ1n) is 10.2. The van der Waals surface area contributed by atoms with Crippen LogP contribution < -0.4 is 9.62 Å². The minimum atomic E-state index is -3.80. The van der Waals surface area contributed by atoms with Gasteiger partial charge in [-0.15, -0.1) is 11.8 Å². The molecule has 31 heavy (non-hydrogen) atoms. The van der Waals surface area contributed by atoms with Crippen LogP contribution in [0.25, 0.3) is 0 Å². The largest absolute Gasteiger partial charge is 0.355 e. The Morgan fingerprint density at radius 3 is 2.52 bits per heavy atom. The van der Waals surface area contributed by atoms with Gasteiger partial charge >= 0.3 is 10.2 Å². The van der Waals surface area contributed by atoms with E-state index in [9.17, 15) is 17.6 Å². The Bertz CT molecular complexity index is 982. The molecule has 1 heterocycles. The molecule has 0 aromatic heterocycles. The predicted molar refractivity (Wildman–Crippen MR) is 123 cm³/mol. The Morgan fingerprint density at radius 1 is 1.19 bits per heavy atom. The minimum absolute atomic E-state index is 0.120. The fourth-order valence-corrected chi connectivity index (χ4v) is 5.46. The van der Waals surface area contributed by atoms with E-state index in [1.807, 2.05) is 6.26 Å². The molecule has 0 aliphatic carbocycles. The molecule has 0 bridgehead atoms. The number of halogens is 1. The Hall–Kier alpha value is -2.10. The van der Waals surface area contributed by atoms with Gasteiger partial charge in [-0.3, -0.25) is 9.10 Å². The summed E-state index contributed by atoms with van der Waals surface area (Å²) in [5.74, 6) is -0.932. The predicted octanol–water partition coefficient (Wildman–Crippen LogP) is 3.30. The monoisotopic (exact) mass is 465 g/mol. The average molecular weight is 466 g/mol. The molecule has 0 spiro atoms. The smallest absolute Gasteiger partial charge is 0.303 e. The molecular formula is C22H28FN3O3S2. The van der Waals surface area contributed by atoms with Crippen molar-refractivity contribution in [3.8, 4) is 0 Å². The molecule has 1 N–H and O–H groups in total. The summed E-state index contributed by atoms with van der Waals surface area (Å²) in [6.07, 6.45) is 4.02. The molecule has 2 aromatic rings. The van der Waals surface area contributed by atoms with E-state index in [0.29, 0.717) is 31.6 Å². The highest BCUT2D eigenvalue weighted by Crippen LogP contribution is 2.24. The highest BCUT2D eigenvalue weighted by atomic mass is 32.2. The number of piperidine rings is 1. The third kappa shape index (κ3) is 5.99. The van der Waals surface area contributed by atoms with E-state index in [-0.39, 0.29) is 18.4 Å². The van der Waals surface area contributed by atoms with Crippen LogP contribution in [0.4, 0.5) is 10.1 Å². The molecule has 1 saturated heterocycles. The van der Waals surface area contributed by atoms with Gasteiger partial charge in [-0.1, -0.05) is 12.1 Å².